The Labute approximate surface area is 112 Å². The molecular formula is C16H26N2. The van der Waals surface area contributed by atoms with Gasteiger partial charge in [-0.1, -0.05) is 51.8 Å². The average Bonchev–Trinajstić information content (AvgIpc) is 2.66. The van der Waals surface area contributed by atoms with Crippen molar-refractivity contribution in [3.05, 3.63) is 36.8 Å². The number of allylic oxidation sites excluding steroid dienone is 3. The maximum Gasteiger partial charge on any atom is 0.132 e. The first-order valence-electron chi connectivity index (χ1n) is 7.13. The third kappa shape index (κ3) is 4.52. The molecule has 18 heavy (non-hydrogen) atoms. The summed E-state index contributed by atoms with van der Waals surface area (Å²) in [7, 11) is 0. The van der Waals surface area contributed by atoms with Gasteiger partial charge in [-0.25, -0.2) is 4.99 Å². The minimum absolute atomic E-state index is 0.530. The van der Waals surface area contributed by atoms with Crippen LogP contribution in [-0.2, 0) is 0 Å². The molecule has 1 aliphatic rings. The Balaban J connectivity index is 2.79. The van der Waals surface area contributed by atoms with Gasteiger partial charge in [-0.05, 0) is 25.1 Å². The van der Waals surface area contributed by atoms with Crippen LogP contribution in [0.3, 0.4) is 0 Å². The van der Waals surface area contributed by atoms with Crippen LogP contribution >= 0.6 is 0 Å². The highest BCUT2D eigenvalue weighted by Crippen LogP contribution is 2.21. The minimum Gasteiger partial charge on any atom is -0.331 e. The molecule has 0 saturated heterocycles. The number of aliphatic imine (C=N–C) groups is 1. The van der Waals surface area contributed by atoms with E-state index in [-0.39, 0.29) is 0 Å². The van der Waals surface area contributed by atoms with Crippen LogP contribution in [0.2, 0.25) is 0 Å². The van der Waals surface area contributed by atoms with Crippen LogP contribution in [-0.4, -0.2) is 17.2 Å². The molecule has 0 aromatic rings. The van der Waals surface area contributed by atoms with Gasteiger partial charge in [-0.15, -0.1) is 0 Å². The first-order chi connectivity index (χ1) is 8.83. The summed E-state index contributed by atoms with van der Waals surface area (Å²) in [6.45, 7) is 8.45. The lowest BCUT2D eigenvalue weighted by Crippen LogP contribution is -2.29. The van der Waals surface area contributed by atoms with Crippen LogP contribution in [0, 0.1) is 0 Å². The zero-order valence-corrected chi connectivity index (χ0v) is 11.8. The highest BCUT2D eigenvalue weighted by Gasteiger charge is 2.16. The molecule has 1 heterocycles. The van der Waals surface area contributed by atoms with Crippen molar-refractivity contribution in [1.29, 1.82) is 0 Å². The van der Waals surface area contributed by atoms with E-state index in [9.17, 15) is 0 Å². The summed E-state index contributed by atoms with van der Waals surface area (Å²) in [5.41, 5.74) is 0. The van der Waals surface area contributed by atoms with E-state index in [2.05, 4.69) is 48.5 Å². The maximum absolute atomic E-state index is 4.53. The lowest BCUT2D eigenvalue weighted by atomic mass is 10.0. The zero-order chi connectivity index (χ0) is 13.2. The van der Waals surface area contributed by atoms with Crippen molar-refractivity contribution in [2.45, 2.75) is 58.4 Å². The van der Waals surface area contributed by atoms with Crippen molar-refractivity contribution in [3.8, 4) is 0 Å². The summed E-state index contributed by atoms with van der Waals surface area (Å²) in [6.07, 6.45) is 17.2. The SMILES string of the molecule is C=CN(C1=CC=CCC=N1)C(CCC)CCCC. The Morgan fingerprint density at radius 2 is 2.22 bits per heavy atom. The molecule has 0 N–H and O–H groups in total. The molecule has 1 unspecified atom stereocenters. The minimum atomic E-state index is 0.530. The van der Waals surface area contributed by atoms with Gasteiger partial charge in [0.25, 0.3) is 0 Å². The second-order valence-corrected chi connectivity index (χ2v) is 4.67. The molecule has 0 bridgehead atoms. The Morgan fingerprint density at radius 1 is 1.39 bits per heavy atom. The molecule has 1 aliphatic heterocycles. The summed E-state index contributed by atoms with van der Waals surface area (Å²) in [4.78, 5) is 6.78. The fraction of sp³-hybridized carbons (Fsp3) is 0.562. The molecule has 0 aliphatic carbocycles. The molecule has 1 atom stereocenters. The monoisotopic (exact) mass is 246 g/mol. The van der Waals surface area contributed by atoms with Crippen LogP contribution in [0.25, 0.3) is 0 Å². The molecule has 100 valence electrons. The fourth-order valence-corrected chi connectivity index (χ4v) is 2.26. The summed E-state index contributed by atoms with van der Waals surface area (Å²) < 4.78 is 0. The summed E-state index contributed by atoms with van der Waals surface area (Å²) in [6, 6.07) is 0.530. The second-order valence-electron chi connectivity index (χ2n) is 4.67. The fourth-order valence-electron chi connectivity index (χ4n) is 2.26. The first kappa shape index (κ1) is 14.7. The molecule has 0 fully saturated rings. The smallest absolute Gasteiger partial charge is 0.132 e. The molecule has 0 spiro atoms. The van der Waals surface area contributed by atoms with Gasteiger partial charge >= 0.3 is 0 Å². The van der Waals surface area contributed by atoms with Gasteiger partial charge in [0.2, 0.25) is 0 Å². The highest BCUT2D eigenvalue weighted by atomic mass is 15.2. The van der Waals surface area contributed by atoms with E-state index < -0.39 is 0 Å². The van der Waals surface area contributed by atoms with Gasteiger partial charge in [0.05, 0.1) is 0 Å². The number of hydrogen-bond donors (Lipinski definition) is 0. The van der Waals surface area contributed by atoms with Crippen LogP contribution in [0.4, 0.5) is 0 Å². The summed E-state index contributed by atoms with van der Waals surface area (Å²) in [5.74, 6) is 1.02. The van der Waals surface area contributed by atoms with E-state index in [0.717, 1.165) is 12.2 Å². The number of nitrogens with zero attached hydrogens (tertiary/aromatic N) is 2. The molecule has 1 rings (SSSR count). The molecule has 0 saturated carbocycles. The van der Waals surface area contributed by atoms with Crippen LogP contribution in [0.5, 0.6) is 0 Å². The average molecular weight is 246 g/mol. The zero-order valence-electron chi connectivity index (χ0n) is 11.8. The van der Waals surface area contributed by atoms with Crippen LogP contribution in [0.1, 0.15) is 52.4 Å². The van der Waals surface area contributed by atoms with Gasteiger partial charge in [0.15, 0.2) is 0 Å². The molecule has 0 aromatic carbocycles. The van der Waals surface area contributed by atoms with Crippen molar-refractivity contribution >= 4 is 6.21 Å². The van der Waals surface area contributed by atoms with Gasteiger partial charge in [0, 0.05) is 18.7 Å². The normalized spacial score (nSPS) is 16.0. The third-order valence-electron chi connectivity index (χ3n) is 3.21. The van der Waals surface area contributed by atoms with E-state index in [0.29, 0.717) is 6.04 Å². The van der Waals surface area contributed by atoms with Gasteiger partial charge in [-0.3, -0.25) is 0 Å². The summed E-state index contributed by atoms with van der Waals surface area (Å²) >= 11 is 0. The number of unbranched alkanes of at least 4 members (excludes halogenated alkanes) is 1. The Bertz CT molecular complexity index is 326. The molecule has 0 radical (unpaired) electrons. The number of rotatable bonds is 8. The maximum atomic E-state index is 4.53. The standard InChI is InChI=1S/C16H26N2/c1-4-7-12-15(11-5-2)18(6-3)16-13-9-8-10-14-17-16/h6,8-9,13-15H,3-5,7,10-12H2,1-2H3. The van der Waals surface area contributed by atoms with Crippen molar-refractivity contribution in [3.63, 3.8) is 0 Å². The van der Waals surface area contributed by atoms with Gasteiger partial charge in [-0.2, -0.15) is 0 Å². The largest absolute Gasteiger partial charge is 0.331 e. The number of hydrogen-bond acceptors (Lipinski definition) is 2. The van der Waals surface area contributed by atoms with Crippen molar-refractivity contribution in [1.82, 2.24) is 4.90 Å². The Kier molecular flexibility index (Phi) is 7.16. The lowest BCUT2D eigenvalue weighted by molar-refractivity contribution is 0.293. The topological polar surface area (TPSA) is 15.6 Å². The lowest BCUT2D eigenvalue weighted by Gasteiger charge is -2.30. The molecular weight excluding hydrogens is 220 g/mol. The van der Waals surface area contributed by atoms with Gasteiger partial charge in [0.1, 0.15) is 5.82 Å². The van der Waals surface area contributed by atoms with Gasteiger partial charge < -0.3 is 4.90 Å². The predicted octanol–water partition coefficient (Wildman–Crippen LogP) is 4.66. The first-order valence-corrected chi connectivity index (χ1v) is 7.13. The van der Waals surface area contributed by atoms with E-state index in [1.807, 2.05) is 12.4 Å². The molecule has 2 nitrogen and oxygen atoms in total. The predicted molar refractivity (Wildman–Crippen MR) is 80.6 cm³/mol. The molecule has 0 aromatic heterocycles. The molecule has 0 amide bonds. The van der Waals surface area contributed by atoms with E-state index >= 15 is 0 Å². The van der Waals surface area contributed by atoms with Crippen molar-refractivity contribution in [2.24, 2.45) is 4.99 Å². The Hall–Kier alpha value is -1.31. The van der Waals surface area contributed by atoms with E-state index in [1.54, 1.807) is 0 Å². The second kappa shape index (κ2) is 8.73. The Morgan fingerprint density at radius 3 is 2.89 bits per heavy atom. The van der Waals surface area contributed by atoms with E-state index in [4.69, 9.17) is 0 Å². The van der Waals surface area contributed by atoms with Crippen molar-refractivity contribution < 1.29 is 0 Å². The van der Waals surface area contributed by atoms with Crippen molar-refractivity contribution in [2.75, 3.05) is 0 Å². The third-order valence-corrected chi connectivity index (χ3v) is 3.21. The van der Waals surface area contributed by atoms with Crippen LogP contribution < -0.4 is 0 Å². The van der Waals surface area contributed by atoms with E-state index in [1.165, 1.54) is 32.1 Å². The summed E-state index contributed by atoms with van der Waals surface area (Å²) in [5, 5.41) is 0. The van der Waals surface area contributed by atoms with Crippen LogP contribution in [0.15, 0.2) is 41.8 Å². The molecule has 2 heteroatoms. The quantitative estimate of drug-likeness (QED) is 0.608. The highest BCUT2D eigenvalue weighted by molar-refractivity contribution is 5.62.